The molecule has 1 N–H and O–H groups in total. The zero-order valence-electron chi connectivity index (χ0n) is 19.9. The second-order valence-electron chi connectivity index (χ2n) is 8.35. The van der Waals surface area contributed by atoms with Crippen LogP contribution < -0.4 is 4.74 Å². The quantitative estimate of drug-likeness (QED) is 0.110. The number of benzene rings is 1. The first-order valence-electron chi connectivity index (χ1n) is 12.5. The molecule has 3 nitrogen and oxygen atoms in total. The average molecular weight is 429 g/mol. The van der Waals surface area contributed by atoms with Crippen molar-refractivity contribution in [2.45, 2.75) is 110 Å². The van der Waals surface area contributed by atoms with Crippen LogP contribution in [-0.4, -0.2) is 11.1 Å². The molecule has 0 aliphatic rings. The minimum atomic E-state index is -0.183. The molecular weight excluding hydrogens is 384 g/mol. The van der Waals surface area contributed by atoms with Crippen molar-refractivity contribution in [3.63, 3.8) is 0 Å². The van der Waals surface area contributed by atoms with Gasteiger partial charge in [-0.3, -0.25) is 4.79 Å². The second-order valence-corrected chi connectivity index (χ2v) is 8.35. The van der Waals surface area contributed by atoms with E-state index in [9.17, 15) is 9.90 Å². The van der Waals surface area contributed by atoms with Crippen molar-refractivity contribution in [1.29, 1.82) is 0 Å². The van der Waals surface area contributed by atoms with E-state index in [2.05, 4.69) is 38.2 Å². The lowest BCUT2D eigenvalue weighted by Crippen LogP contribution is -2.07. The van der Waals surface area contributed by atoms with Crippen molar-refractivity contribution in [1.82, 2.24) is 0 Å². The molecule has 0 atom stereocenters. The van der Waals surface area contributed by atoms with Crippen LogP contribution in [-0.2, 0) is 11.2 Å². The van der Waals surface area contributed by atoms with Gasteiger partial charge in [0, 0.05) is 6.42 Å². The molecular formula is C28H44O3. The molecule has 0 aliphatic carbocycles. The van der Waals surface area contributed by atoms with Crippen LogP contribution in [0.1, 0.15) is 109 Å². The van der Waals surface area contributed by atoms with Crippen molar-refractivity contribution in [3.8, 4) is 11.5 Å². The Hall–Kier alpha value is -2.03. The van der Waals surface area contributed by atoms with Gasteiger partial charge in [0.15, 0.2) is 0 Å². The predicted molar refractivity (Wildman–Crippen MR) is 132 cm³/mol. The highest BCUT2D eigenvalue weighted by Gasteiger charge is 2.08. The SMILES string of the molecule is CCCCC/C=C\C/C=C\CCCCCCCC(=O)Oc1ccc(O)c(CCCC)c1. The molecule has 1 aromatic carbocycles. The summed E-state index contributed by atoms with van der Waals surface area (Å²) in [5.41, 5.74) is 0.851. The number of phenolic OH excluding ortho intramolecular Hbond substituents is 1. The number of aromatic hydroxyl groups is 1. The van der Waals surface area contributed by atoms with E-state index < -0.39 is 0 Å². The molecule has 0 fully saturated rings. The van der Waals surface area contributed by atoms with Crippen LogP contribution in [0.3, 0.4) is 0 Å². The Morgan fingerprint density at radius 2 is 1.48 bits per heavy atom. The van der Waals surface area contributed by atoms with Crippen molar-refractivity contribution in [2.24, 2.45) is 0 Å². The number of carbonyl (C=O) groups excluding carboxylic acids is 1. The highest BCUT2D eigenvalue weighted by molar-refractivity contribution is 5.72. The summed E-state index contributed by atoms with van der Waals surface area (Å²) in [7, 11) is 0. The molecule has 0 spiro atoms. The molecule has 3 heteroatoms. The van der Waals surface area contributed by atoms with Gasteiger partial charge in [-0.1, -0.05) is 76.7 Å². The van der Waals surface area contributed by atoms with Gasteiger partial charge in [-0.2, -0.15) is 0 Å². The third-order valence-corrected chi connectivity index (χ3v) is 5.41. The molecule has 0 saturated carbocycles. The minimum Gasteiger partial charge on any atom is -0.508 e. The molecule has 174 valence electrons. The van der Waals surface area contributed by atoms with Gasteiger partial charge in [0.25, 0.3) is 0 Å². The number of hydrogen-bond donors (Lipinski definition) is 1. The molecule has 1 rings (SSSR count). The largest absolute Gasteiger partial charge is 0.508 e. The van der Waals surface area contributed by atoms with Gasteiger partial charge in [-0.05, 0) is 75.1 Å². The standard InChI is InChI=1S/C28H44O3/c1-3-5-7-8-9-10-11-12-13-14-15-16-17-18-19-21-28(30)31-26-22-23-27(29)25(24-26)20-6-4-2/h9-10,12-13,22-24,29H,3-8,11,14-21H2,1-2H3/b10-9-,13-12-. The Morgan fingerprint density at radius 1 is 0.839 bits per heavy atom. The minimum absolute atomic E-state index is 0.183. The summed E-state index contributed by atoms with van der Waals surface area (Å²) in [5, 5.41) is 9.90. The fourth-order valence-electron chi connectivity index (χ4n) is 3.46. The first-order valence-corrected chi connectivity index (χ1v) is 12.5. The Bertz CT molecular complexity index is 646. The van der Waals surface area contributed by atoms with E-state index in [4.69, 9.17) is 4.74 Å². The van der Waals surface area contributed by atoms with Crippen LogP contribution in [0.2, 0.25) is 0 Å². The van der Waals surface area contributed by atoms with E-state index in [0.717, 1.165) is 50.5 Å². The van der Waals surface area contributed by atoms with Gasteiger partial charge in [0.1, 0.15) is 11.5 Å². The number of hydrogen-bond acceptors (Lipinski definition) is 3. The normalized spacial score (nSPS) is 11.5. The number of esters is 1. The van der Waals surface area contributed by atoms with E-state index in [1.54, 1.807) is 18.2 Å². The second kappa shape index (κ2) is 18.7. The summed E-state index contributed by atoms with van der Waals surface area (Å²) >= 11 is 0. The average Bonchev–Trinajstić information content (AvgIpc) is 2.76. The fraction of sp³-hybridized carbons (Fsp3) is 0.607. The number of phenols is 1. The molecule has 0 saturated heterocycles. The Labute approximate surface area is 190 Å². The molecule has 0 radical (unpaired) electrons. The fourth-order valence-corrected chi connectivity index (χ4v) is 3.46. The van der Waals surface area contributed by atoms with Gasteiger partial charge in [-0.15, -0.1) is 0 Å². The van der Waals surface area contributed by atoms with Crippen molar-refractivity contribution < 1.29 is 14.6 Å². The van der Waals surface area contributed by atoms with Crippen LogP contribution in [0.25, 0.3) is 0 Å². The van der Waals surface area contributed by atoms with E-state index in [1.807, 2.05) is 0 Å². The monoisotopic (exact) mass is 428 g/mol. The molecule has 0 aromatic heterocycles. The molecule has 0 unspecified atom stereocenters. The van der Waals surface area contributed by atoms with Crippen LogP contribution in [0.15, 0.2) is 42.5 Å². The molecule has 0 amide bonds. The summed E-state index contributed by atoms with van der Waals surface area (Å²) < 4.78 is 5.44. The van der Waals surface area contributed by atoms with Crippen LogP contribution in [0.4, 0.5) is 0 Å². The first-order chi connectivity index (χ1) is 15.2. The Balaban J connectivity index is 2.04. The summed E-state index contributed by atoms with van der Waals surface area (Å²) in [6.07, 6.45) is 25.3. The Kier molecular flexibility index (Phi) is 16.3. The number of allylic oxidation sites excluding steroid dienone is 4. The summed E-state index contributed by atoms with van der Waals surface area (Å²) in [6.45, 7) is 4.36. The van der Waals surface area contributed by atoms with Gasteiger partial charge < -0.3 is 9.84 Å². The maximum atomic E-state index is 12.1. The zero-order valence-corrected chi connectivity index (χ0v) is 19.9. The molecule has 0 heterocycles. The number of rotatable bonds is 18. The maximum absolute atomic E-state index is 12.1. The predicted octanol–water partition coefficient (Wildman–Crippen LogP) is 8.45. The third kappa shape index (κ3) is 14.6. The topological polar surface area (TPSA) is 46.5 Å². The summed E-state index contributed by atoms with van der Waals surface area (Å²) in [5.74, 6) is 0.635. The third-order valence-electron chi connectivity index (χ3n) is 5.41. The van der Waals surface area contributed by atoms with Crippen molar-refractivity contribution in [3.05, 3.63) is 48.1 Å². The zero-order chi connectivity index (χ0) is 22.6. The number of aryl methyl sites for hydroxylation is 1. The first kappa shape index (κ1) is 27.0. The lowest BCUT2D eigenvalue weighted by molar-refractivity contribution is -0.134. The maximum Gasteiger partial charge on any atom is 0.311 e. The van der Waals surface area contributed by atoms with Crippen LogP contribution in [0, 0.1) is 0 Å². The highest BCUT2D eigenvalue weighted by atomic mass is 16.5. The number of carbonyl (C=O) groups is 1. The van der Waals surface area contributed by atoms with Gasteiger partial charge in [0.05, 0.1) is 0 Å². The van der Waals surface area contributed by atoms with Gasteiger partial charge >= 0.3 is 5.97 Å². The molecule has 1 aromatic rings. The smallest absolute Gasteiger partial charge is 0.311 e. The van der Waals surface area contributed by atoms with E-state index in [0.29, 0.717) is 12.2 Å². The van der Waals surface area contributed by atoms with Crippen LogP contribution in [0.5, 0.6) is 11.5 Å². The molecule has 0 bridgehead atoms. The lowest BCUT2D eigenvalue weighted by atomic mass is 10.1. The lowest BCUT2D eigenvalue weighted by Gasteiger charge is -2.08. The highest BCUT2D eigenvalue weighted by Crippen LogP contribution is 2.25. The van der Waals surface area contributed by atoms with E-state index in [-0.39, 0.29) is 11.7 Å². The Morgan fingerprint density at radius 3 is 2.19 bits per heavy atom. The number of unbranched alkanes of at least 4 members (excludes halogenated alkanes) is 9. The number of ether oxygens (including phenoxy) is 1. The van der Waals surface area contributed by atoms with E-state index in [1.165, 1.54) is 44.9 Å². The summed E-state index contributed by atoms with van der Waals surface area (Å²) in [4.78, 5) is 12.1. The van der Waals surface area contributed by atoms with Gasteiger partial charge in [0.2, 0.25) is 0 Å². The van der Waals surface area contributed by atoms with Crippen LogP contribution >= 0.6 is 0 Å². The van der Waals surface area contributed by atoms with Crippen molar-refractivity contribution >= 4 is 5.97 Å². The van der Waals surface area contributed by atoms with Crippen molar-refractivity contribution in [2.75, 3.05) is 0 Å². The van der Waals surface area contributed by atoms with Gasteiger partial charge in [-0.25, -0.2) is 0 Å². The molecule has 31 heavy (non-hydrogen) atoms. The summed E-state index contributed by atoms with van der Waals surface area (Å²) in [6, 6.07) is 5.07. The molecule has 0 aliphatic heterocycles. The van der Waals surface area contributed by atoms with E-state index >= 15 is 0 Å².